The standard InChI is InChI=1S/C15H15NO3/c1-19-15-11(5-4-10-16-15)8-9-14(18)12-6-2-3-7-13(12)17/h2-7,10,17H,8-9H2,1H3. The van der Waals surface area contributed by atoms with Crippen LogP contribution < -0.4 is 4.74 Å². The third kappa shape index (κ3) is 3.10. The van der Waals surface area contributed by atoms with Crippen molar-refractivity contribution < 1.29 is 14.6 Å². The van der Waals surface area contributed by atoms with Gasteiger partial charge in [-0.05, 0) is 24.6 Å². The Hall–Kier alpha value is -2.36. The molecule has 0 aliphatic rings. The van der Waals surface area contributed by atoms with Gasteiger partial charge in [0, 0.05) is 18.2 Å². The van der Waals surface area contributed by atoms with Gasteiger partial charge in [0.05, 0.1) is 12.7 Å². The number of hydrogen-bond donors (Lipinski definition) is 1. The Balaban J connectivity index is 2.07. The Morgan fingerprint density at radius 1 is 1.26 bits per heavy atom. The van der Waals surface area contributed by atoms with Gasteiger partial charge in [-0.15, -0.1) is 0 Å². The number of carbonyl (C=O) groups excluding carboxylic acids is 1. The predicted molar refractivity (Wildman–Crippen MR) is 71.5 cm³/mol. The Morgan fingerprint density at radius 3 is 2.79 bits per heavy atom. The van der Waals surface area contributed by atoms with E-state index in [-0.39, 0.29) is 11.5 Å². The first-order valence-corrected chi connectivity index (χ1v) is 6.01. The molecule has 1 N–H and O–H groups in total. The molecule has 0 radical (unpaired) electrons. The van der Waals surface area contributed by atoms with Crippen molar-refractivity contribution in [2.24, 2.45) is 0 Å². The van der Waals surface area contributed by atoms with Gasteiger partial charge in [0.2, 0.25) is 5.88 Å². The van der Waals surface area contributed by atoms with E-state index in [2.05, 4.69) is 4.98 Å². The number of phenols is 1. The zero-order valence-electron chi connectivity index (χ0n) is 10.7. The van der Waals surface area contributed by atoms with Gasteiger partial charge in [0.15, 0.2) is 5.78 Å². The van der Waals surface area contributed by atoms with Gasteiger partial charge in [-0.3, -0.25) is 4.79 Å². The summed E-state index contributed by atoms with van der Waals surface area (Å²) in [6.45, 7) is 0. The first-order valence-electron chi connectivity index (χ1n) is 6.01. The molecule has 4 nitrogen and oxygen atoms in total. The lowest BCUT2D eigenvalue weighted by atomic mass is 10.0. The first-order chi connectivity index (χ1) is 9.22. The SMILES string of the molecule is COc1ncccc1CCC(=O)c1ccccc1O. The molecular weight excluding hydrogens is 242 g/mol. The summed E-state index contributed by atoms with van der Waals surface area (Å²) < 4.78 is 5.14. The molecule has 1 heterocycles. The second-order valence-corrected chi connectivity index (χ2v) is 4.11. The number of ether oxygens (including phenoxy) is 1. The molecule has 0 bridgehead atoms. The smallest absolute Gasteiger partial charge is 0.216 e. The van der Waals surface area contributed by atoms with Crippen LogP contribution in [0.15, 0.2) is 42.6 Å². The molecule has 2 rings (SSSR count). The molecule has 0 unspecified atom stereocenters. The zero-order chi connectivity index (χ0) is 13.7. The van der Waals surface area contributed by atoms with Crippen LogP contribution >= 0.6 is 0 Å². The molecule has 0 fully saturated rings. The van der Waals surface area contributed by atoms with Crippen molar-refractivity contribution in [3.63, 3.8) is 0 Å². The number of aromatic hydroxyl groups is 1. The third-order valence-corrected chi connectivity index (χ3v) is 2.87. The van der Waals surface area contributed by atoms with Crippen molar-refractivity contribution >= 4 is 5.78 Å². The molecule has 0 atom stereocenters. The van der Waals surface area contributed by atoms with Crippen LogP contribution in [0.2, 0.25) is 0 Å². The van der Waals surface area contributed by atoms with Gasteiger partial charge >= 0.3 is 0 Å². The topological polar surface area (TPSA) is 59.4 Å². The van der Waals surface area contributed by atoms with E-state index in [9.17, 15) is 9.90 Å². The minimum absolute atomic E-state index is 0.0191. The summed E-state index contributed by atoms with van der Waals surface area (Å²) in [5.74, 6) is 0.460. The number of hydrogen-bond acceptors (Lipinski definition) is 4. The molecular formula is C15H15NO3. The van der Waals surface area contributed by atoms with E-state index in [1.807, 2.05) is 12.1 Å². The molecule has 4 heteroatoms. The van der Waals surface area contributed by atoms with E-state index in [0.717, 1.165) is 5.56 Å². The number of aryl methyl sites for hydroxylation is 1. The molecule has 19 heavy (non-hydrogen) atoms. The van der Waals surface area contributed by atoms with Crippen molar-refractivity contribution in [1.29, 1.82) is 0 Å². The summed E-state index contributed by atoms with van der Waals surface area (Å²) in [7, 11) is 1.55. The van der Waals surface area contributed by atoms with Crippen LogP contribution in [0, 0.1) is 0 Å². The fraction of sp³-hybridized carbons (Fsp3) is 0.200. The highest BCUT2D eigenvalue weighted by Gasteiger charge is 2.12. The van der Waals surface area contributed by atoms with Crippen molar-refractivity contribution in [1.82, 2.24) is 4.98 Å². The van der Waals surface area contributed by atoms with Crippen molar-refractivity contribution in [2.45, 2.75) is 12.8 Å². The largest absolute Gasteiger partial charge is 0.507 e. The fourth-order valence-corrected chi connectivity index (χ4v) is 1.89. The maximum Gasteiger partial charge on any atom is 0.216 e. The molecule has 2 aromatic rings. The highest BCUT2D eigenvalue weighted by Crippen LogP contribution is 2.20. The third-order valence-electron chi connectivity index (χ3n) is 2.87. The van der Waals surface area contributed by atoms with Crippen LogP contribution in [-0.2, 0) is 6.42 Å². The van der Waals surface area contributed by atoms with Gasteiger partial charge in [-0.25, -0.2) is 4.98 Å². The lowest BCUT2D eigenvalue weighted by Crippen LogP contribution is -2.03. The van der Waals surface area contributed by atoms with Crippen LogP contribution in [0.4, 0.5) is 0 Å². The number of carbonyl (C=O) groups is 1. The number of ketones is 1. The Labute approximate surface area is 111 Å². The van der Waals surface area contributed by atoms with E-state index in [4.69, 9.17) is 4.74 Å². The number of para-hydroxylation sites is 1. The number of nitrogens with zero attached hydrogens (tertiary/aromatic N) is 1. The summed E-state index contributed by atoms with van der Waals surface area (Å²) in [6.07, 6.45) is 2.48. The van der Waals surface area contributed by atoms with Gasteiger partial charge in [-0.1, -0.05) is 18.2 Å². The Morgan fingerprint density at radius 2 is 2.05 bits per heavy atom. The number of benzene rings is 1. The highest BCUT2D eigenvalue weighted by atomic mass is 16.5. The number of rotatable bonds is 5. The molecule has 0 aliphatic heterocycles. The molecule has 0 saturated carbocycles. The zero-order valence-corrected chi connectivity index (χ0v) is 10.7. The molecule has 1 aromatic carbocycles. The average molecular weight is 257 g/mol. The summed E-state index contributed by atoms with van der Waals surface area (Å²) in [4.78, 5) is 16.1. The van der Waals surface area contributed by atoms with Crippen LogP contribution in [0.5, 0.6) is 11.6 Å². The summed E-state index contributed by atoms with van der Waals surface area (Å²) in [5, 5.41) is 9.62. The lowest BCUT2D eigenvalue weighted by Gasteiger charge is -2.07. The maximum atomic E-state index is 12.0. The molecule has 0 saturated heterocycles. The number of methoxy groups -OCH3 is 1. The predicted octanol–water partition coefficient (Wildman–Crippen LogP) is 2.61. The van der Waals surface area contributed by atoms with E-state index in [1.54, 1.807) is 31.5 Å². The number of phenolic OH excluding ortho intramolecular Hbond substituents is 1. The van der Waals surface area contributed by atoms with E-state index in [0.29, 0.717) is 24.3 Å². The van der Waals surface area contributed by atoms with E-state index < -0.39 is 0 Å². The molecule has 98 valence electrons. The average Bonchev–Trinajstić information content (AvgIpc) is 2.45. The molecule has 0 spiro atoms. The Kier molecular flexibility index (Phi) is 4.13. The summed E-state index contributed by atoms with van der Waals surface area (Å²) in [6, 6.07) is 10.2. The number of aromatic nitrogens is 1. The van der Waals surface area contributed by atoms with Gasteiger partial charge in [0.1, 0.15) is 5.75 Å². The molecule has 0 aliphatic carbocycles. The highest BCUT2D eigenvalue weighted by molar-refractivity contribution is 5.98. The van der Waals surface area contributed by atoms with Gasteiger partial charge < -0.3 is 9.84 Å². The second kappa shape index (κ2) is 6.00. The quantitative estimate of drug-likeness (QED) is 0.836. The monoisotopic (exact) mass is 257 g/mol. The van der Waals surface area contributed by atoms with Crippen LogP contribution in [0.1, 0.15) is 22.3 Å². The summed E-state index contributed by atoms with van der Waals surface area (Å²) in [5.41, 5.74) is 1.24. The fourth-order valence-electron chi connectivity index (χ4n) is 1.89. The minimum Gasteiger partial charge on any atom is -0.507 e. The van der Waals surface area contributed by atoms with Crippen molar-refractivity contribution in [3.05, 3.63) is 53.7 Å². The van der Waals surface area contributed by atoms with Gasteiger partial charge in [0.25, 0.3) is 0 Å². The van der Waals surface area contributed by atoms with Crippen LogP contribution in [-0.4, -0.2) is 23.0 Å². The minimum atomic E-state index is -0.0935. The van der Waals surface area contributed by atoms with Crippen LogP contribution in [0.3, 0.4) is 0 Å². The van der Waals surface area contributed by atoms with E-state index in [1.165, 1.54) is 6.07 Å². The first kappa shape index (κ1) is 13.1. The normalized spacial score (nSPS) is 10.2. The second-order valence-electron chi connectivity index (χ2n) is 4.11. The maximum absolute atomic E-state index is 12.0. The van der Waals surface area contributed by atoms with Gasteiger partial charge in [-0.2, -0.15) is 0 Å². The number of Topliss-reactive ketones (excluding diaryl/α,β-unsaturated/α-hetero) is 1. The van der Waals surface area contributed by atoms with Crippen molar-refractivity contribution in [2.75, 3.05) is 7.11 Å². The summed E-state index contributed by atoms with van der Waals surface area (Å²) >= 11 is 0. The Bertz CT molecular complexity index is 581. The molecule has 0 amide bonds. The van der Waals surface area contributed by atoms with E-state index >= 15 is 0 Å². The van der Waals surface area contributed by atoms with Crippen molar-refractivity contribution in [3.8, 4) is 11.6 Å². The molecule has 1 aromatic heterocycles. The lowest BCUT2D eigenvalue weighted by molar-refractivity contribution is 0.0980. The number of pyridine rings is 1. The van der Waals surface area contributed by atoms with Crippen LogP contribution in [0.25, 0.3) is 0 Å².